The number of rotatable bonds is 6. The number of benzene rings is 1. The quantitative estimate of drug-likeness (QED) is 0.663. The normalized spacial score (nSPS) is 17.5. The number of anilines is 1. The van der Waals surface area contributed by atoms with Gasteiger partial charge < -0.3 is 10.6 Å². The lowest BCUT2D eigenvalue weighted by Crippen LogP contribution is -2.45. The van der Waals surface area contributed by atoms with Crippen molar-refractivity contribution < 1.29 is 18.0 Å². The van der Waals surface area contributed by atoms with Gasteiger partial charge in [-0.3, -0.25) is 9.59 Å². The van der Waals surface area contributed by atoms with Gasteiger partial charge in [0, 0.05) is 24.8 Å². The Morgan fingerprint density at radius 1 is 1.13 bits per heavy atom. The largest absolute Gasteiger partial charge is 0.348 e. The van der Waals surface area contributed by atoms with Crippen LogP contribution >= 0.6 is 11.3 Å². The molecule has 1 aromatic carbocycles. The Morgan fingerprint density at radius 2 is 1.93 bits per heavy atom. The first-order chi connectivity index (χ1) is 14.3. The predicted molar refractivity (Wildman–Crippen MR) is 118 cm³/mol. The van der Waals surface area contributed by atoms with E-state index in [0.29, 0.717) is 22.9 Å². The molecule has 2 N–H and O–H groups in total. The first-order valence-corrected chi connectivity index (χ1v) is 12.3. The molecule has 0 saturated carbocycles. The van der Waals surface area contributed by atoms with Gasteiger partial charge in [0.1, 0.15) is 4.21 Å². The number of piperidine rings is 1. The summed E-state index contributed by atoms with van der Waals surface area (Å²) in [7, 11) is -3.52. The molecule has 0 spiro atoms. The Labute approximate surface area is 181 Å². The molecule has 0 radical (unpaired) electrons. The molecule has 9 heteroatoms. The summed E-state index contributed by atoms with van der Waals surface area (Å²) in [6.07, 6.45) is 2.98. The summed E-state index contributed by atoms with van der Waals surface area (Å²) in [5, 5.41) is 6.96. The number of carbonyl (C=O) groups is 2. The van der Waals surface area contributed by atoms with Crippen molar-refractivity contribution in [3.63, 3.8) is 0 Å². The highest BCUT2D eigenvalue weighted by molar-refractivity contribution is 7.91. The van der Waals surface area contributed by atoms with Crippen LogP contribution in [0.15, 0.2) is 39.9 Å². The number of nitrogens with one attached hydrogen (secondary N) is 2. The van der Waals surface area contributed by atoms with Crippen LogP contribution in [0.5, 0.6) is 0 Å². The van der Waals surface area contributed by atoms with Crippen LogP contribution in [-0.4, -0.2) is 43.7 Å². The highest BCUT2D eigenvalue weighted by Gasteiger charge is 2.33. The van der Waals surface area contributed by atoms with Gasteiger partial charge in [-0.15, -0.1) is 11.3 Å². The van der Waals surface area contributed by atoms with E-state index in [9.17, 15) is 18.0 Å². The van der Waals surface area contributed by atoms with Gasteiger partial charge in [0.15, 0.2) is 0 Å². The summed E-state index contributed by atoms with van der Waals surface area (Å²) in [5.41, 5.74) is 2.70. The molecule has 0 bridgehead atoms. The highest BCUT2D eigenvalue weighted by atomic mass is 32.2. The molecular formula is C21H27N3O4S2. The molecule has 1 aliphatic heterocycles. The molecule has 1 fully saturated rings. The van der Waals surface area contributed by atoms with E-state index < -0.39 is 21.8 Å². The molecule has 2 amide bonds. The van der Waals surface area contributed by atoms with E-state index in [1.54, 1.807) is 27.9 Å². The molecule has 2 aromatic rings. The molecule has 0 aliphatic carbocycles. The van der Waals surface area contributed by atoms with Gasteiger partial charge in [0.05, 0.1) is 0 Å². The third-order valence-electron chi connectivity index (χ3n) is 5.37. The summed E-state index contributed by atoms with van der Waals surface area (Å²) >= 11 is 1.21. The molecule has 1 saturated heterocycles. The van der Waals surface area contributed by atoms with E-state index in [-0.39, 0.29) is 12.6 Å². The minimum absolute atomic E-state index is 0.186. The van der Waals surface area contributed by atoms with Crippen LogP contribution in [0.4, 0.5) is 5.69 Å². The van der Waals surface area contributed by atoms with Gasteiger partial charge in [-0.2, -0.15) is 4.31 Å². The van der Waals surface area contributed by atoms with Crippen molar-refractivity contribution in [3.8, 4) is 0 Å². The van der Waals surface area contributed by atoms with Crippen molar-refractivity contribution in [3.05, 3.63) is 46.8 Å². The third-order valence-corrected chi connectivity index (χ3v) is 8.69. The van der Waals surface area contributed by atoms with Gasteiger partial charge in [0.2, 0.25) is 0 Å². The van der Waals surface area contributed by atoms with Crippen LogP contribution < -0.4 is 10.6 Å². The van der Waals surface area contributed by atoms with Crippen LogP contribution in [-0.2, 0) is 19.6 Å². The maximum atomic E-state index is 12.9. The van der Waals surface area contributed by atoms with E-state index in [1.807, 2.05) is 26.0 Å². The van der Waals surface area contributed by atoms with Crippen molar-refractivity contribution in [2.45, 2.75) is 49.8 Å². The molecule has 30 heavy (non-hydrogen) atoms. The van der Waals surface area contributed by atoms with Crippen LogP contribution in [0.25, 0.3) is 0 Å². The number of carbonyl (C=O) groups excluding carboxylic acids is 2. The Balaban J connectivity index is 1.54. The molecule has 162 valence electrons. The monoisotopic (exact) mass is 449 g/mol. The van der Waals surface area contributed by atoms with E-state index >= 15 is 0 Å². The fraction of sp³-hybridized carbons (Fsp3) is 0.429. The average Bonchev–Trinajstić information content (AvgIpc) is 3.27. The SMILES string of the molecule is Cc1ccc(NC(=O)C(=O)NCCC2CCCCN2S(=O)(=O)c2cccs2)cc1C. The highest BCUT2D eigenvalue weighted by Crippen LogP contribution is 2.29. The van der Waals surface area contributed by atoms with E-state index in [1.165, 1.54) is 11.3 Å². The minimum Gasteiger partial charge on any atom is -0.348 e. The Bertz CT molecular complexity index is 1000. The fourth-order valence-electron chi connectivity index (χ4n) is 3.54. The first-order valence-electron chi connectivity index (χ1n) is 10.0. The zero-order valence-corrected chi connectivity index (χ0v) is 18.8. The maximum Gasteiger partial charge on any atom is 0.313 e. The maximum absolute atomic E-state index is 12.9. The number of nitrogens with zero attached hydrogens (tertiary/aromatic N) is 1. The molecule has 2 heterocycles. The first kappa shape index (κ1) is 22.5. The van der Waals surface area contributed by atoms with E-state index in [2.05, 4.69) is 10.6 Å². The summed E-state index contributed by atoms with van der Waals surface area (Å²) < 4.78 is 27.7. The van der Waals surface area contributed by atoms with Crippen LogP contribution in [0.3, 0.4) is 0 Å². The zero-order chi connectivity index (χ0) is 21.7. The second-order valence-electron chi connectivity index (χ2n) is 7.50. The topological polar surface area (TPSA) is 95.6 Å². The number of thiophene rings is 1. The molecule has 7 nitrogen and oxygen atoms in total. The number of hydrogen-bond acceptors (Lipinski definition) is 5. The summed E-state index contributed by atoms with van der Waals surface area (Å²) in [6.45, 7) is 4.62. The predicted octanol–water partition coefficient (Wildman–Crippen LogP) is 3.05. The van der Waals surface area contributed by atoms with Crippen LogP contribution in [0.1, 0.15) is 36.8 Å². The van der Waals surface area contributed by atoms with Gasteiger partial charge in [-0.05, 0) is 67.8 Å². The van der Waals surface area contributed by atoms with Crippen molar-refractivity contribution in [1.29, 1.82) is 0 Å². The number of amides is 2. The van der Waals surface area contributed by atoms with Crippen molar-refractivity contribution >= 4 is 38.9 Å². The van der Waals surface area contributed by atoms with Crippen molar-refractivity contribution in [2.24, 2.45) is 0 Å². The number of aryl methyl sites for hydroxylation is 2. The molecular weight excluding hydrogens is 422 g/mol. The van der Waals surface area contributed by atoms with Crippen molar-refractivity contribution in [1.82, 2.24) is 9.62 Å². The van der Waals surface area contributed by atoms with Crippen LogP contribution in [0, 0.1) is 13.8 Å². The lowest BCUT2D eigenvalue weighted by atomic mass is 10.0. The Morgan fingerprint density at radius 3 is 2.63 bits per heavy atom. The fourth-order valence-corrected chi connectivity index (χ4v) is 6.39. The zero-order valence-electron chi connectivity index (χ0n) is 17.2. The lowest BCUT2D eigenvalue weighted by Gasteiger charge is -2.34. The molecule has 1 aliphatic rings. The summed E-state index contributed by atoms with van der Waals surface area (Å²) in [4.78, 5) is 24.3. The van der Waals surface area contributed by atoms with E-state index in [4.69, 9.17) is 0 Å². The average molecular weight is 450 g/mol. The summed E-state index contributed by atoms with van der Waals surface area (Å²) in [6, 6.07) is 8.61. The van der Waals surface area contributed by atoms with E-state index in [0.717, 1.165) is 30.4 Å². The van der Waals surface area contributed by atoms with Crippen LogP contribution in [0.2, 0.25) is 0 Å². The molecule has 3 rings (SSSR count). The Kier molecular flexibility index (Phi) is 7.27. The van der Waals surface area contributed by atoms with Gasteiger partial charge in [-0.1, -0.05) is 18.6 Å². The second kappa shape index (κ2) is 9.72. The minimum atomic E-state index is -3.52. The van der Waals surface area contributed by atoms with Gasteiger partial charge >= 0.3 is 11.8 Å². The lowest BCUT2D eigenvalue weighted by molar-refractivity contribution is -0.136. The molecule has 1 unspecified atom stereocenters. The van der Waals surface area contributed by atoms with Gasteiger partial charge in [0.25, 0.3) is 10.0 Å². The third kappa shape index (κ3) is 5.27. The number of hydrogen-bond donors (Lipinski definition) is 2. The smallest absolute Gasteiger partial charge is 0.313 e. The Hall–Kier alpha value is -2.23. The van der Waals surface area contributed by atoms with Gasteiger partial charge in [-0.25, -0.2) is 8.42 Å². The van der Waals surface area contributed by atoms with Crippen molar-refractivity contribution in [2.75, 3.05) is 18.4 Å². The number of sulfonamides is 1. The second-order valence-corrected chi connectivity index (χ2v) is 10.6. The molecule has 1 aromatic heterocycles. The molecule has 1 atom stereocenters. The standard InChI is InChI=1S/C21H27N3O4S2/c1-15-8-9-17(14-16(15)2)23-21(26)20(25)22-11-10-18-6-3-4-12-24(18)30(27,28)19-7-5-13-29-19/h5,7-9,13-14,18H,3-4,6,10-12H2,1-2H3,(H,22,25)(H,23,26). The summed E-state index contributed by atoms with van der Waals surface area (Å²) in [5.74, 6) is -1.46.